The van der Waals surface area contributed by atoms with E-state index in [1.807, 2.05) is 13.8 Å². The zero-order valence-electron chi connectivity index (χ0n) is 10.9. The molecule has 0 bridgehead atoms. The molecule has 6 heteroatoms. The number of carboxylic acids is 1. The number of halogens is 1. The number of anilines is 1. The van der Waals surface area contributed by atoms with Crippen LogP contribution in [0.2, 0.25) is 5.02 Å². The third-order valence-corrected chi connectivity index (χ3v) is 2.81. The van der Waals surface area contributed by atoms with Gasteiger partial charge in [0.25, 0.3) is 0 Å². The third-order valence-electron chi connectivity index (χ3n) is 2.48. The van der Waals surface area contributed by atoms with Gasteiger partial charge in [-0.25, -0.2) is 4.79 Å². The van der Waals surface area contributed by atoms with Crippen LogP contribution in [0.4, 0.5) is 5.69 Å². The van der Waals surface area contributed by atoms with Crippen molar-refractivity contribution in [1.29, 1.82) is 0 Å². The monoisotopic (exact) mass is 284 g/mol. The summed E-state index contributed by atoms with van der Waals surface area (Å²) in [5.74, 6) is -1.32. The molecule has 1 aromatic rings. The molecule has 0 spiro atoms. The Labute approximate surface area is 116 Å². The molecule has 1 rings (SSSR count). The number of aromatic carboxylic acids is 1. The van der Waals surface area contributed by atoms with E-state index in [0.717, 1.165) is 0 Å². The molecule has 0 aromatic heterocycles. The molecule has 0 aliphatic heterocycles. The lowest BCUT2D eigenvalue weighted by Crippen LogP contribution is -2.33. The van der Waals surface area contributed by atoms with Crippen molar-refractivity contribution in [3.05, 3.63) is 28.8 Å². The van der Waals surface area contributed by atoms with Crippen molar-refractivity contribution in [3.8, 4) is 0 Å². The van der Waals surface area contributed by atoms with Gasteiger partial charge in [0.1, 0.15) is 0 Å². The van der Waals surface area contributed by atoms with Crippen molar-refractivity contribution >= 4 is 29.2 Å². The van der Waals surface area contributed by atoms with Crippen molar-refractivity contribution in [1.82, 2.24) is 0 Å². The van der Waals surface area contributed by atoms with Gasteiger partial charge in [0.05, 0.1) is 16.3 Å². The molecule has 104 valence electrons. The fourth-order valence-corrected chi connectivity index (χ4v) is 1.57. The number of carbonyl (C=O) groups excluding carboxylic acids is 1. The van der Waals surface area contributed by atoms with Crippen molar-refractivity contribution in [2.75, 3.05) is 5.32 Å². The number of rotatable bonds is 5. The minimum atomic E-state index is -1.07. The highest BCUT2D eigenvalue weighted by atomic mass is 35.5. The van der Waals surface area contributed by atoms with E-state index in [0.29, 0.717) is 17.1 Å². The van der Waals surface area contributed by atoms with Crippen molar-refractivity contribution in [2.45, 2.75) is 32.2 Å². The van der Waals surface area contributed by atoms with Gasteiger partial charge in [-0.15, -0.1) is 0 Å². The first-order chi connectivity index (χ1) is 8.69. The van der Waals surface area contributed by atoms with Crippen molar-refractivity contribution in [2.24, 2.45) is 5.73 Å². The minimum absolute atomic E-state index is 0.0684. The Morgan fingerprint density at radius 1 is 1.42 bits per heavy atom. The number of amides is 1. The highest BCUT2D eigenvalue weighted by Gasteiger charge is 2.15. The van der Waals surface area contributed by atoms with Crippen molar-refractivity contribution in [3.63, 3.8) is 0 Å². The smallest absolute Gasteiger partial charge is 0.335 e. The van der Waals surface area contributed by atoms with Crippen molar-refractivity contribution < 1.29 is 14.7 Å². The van der Waals surface area contributed by atoms with E-state index in [4.69, 9.17) is 22.4 Å². The zero-order chi connectivity index (χ0) is 14.6. The highest BCUT2D eigenvalue weighted by Crippen LogP contribution is 2.23. The van der Waals surface area contributed by atoms with Gasteiger partial charge in [-0.1, -0.05) is 11.6 Å². The van der Waals surface area contributed by atoms with Crippen LogP contribution in [0.3, 0.4) is 0 Å². The molecule has 0 heterocycles. The number of hydrogen-bond acceptors (Lipinski definition) is 3. The summed E-state index contributed by atoms with van der Waals surface area (Å²) in [5.41, 5.74) is 5.72. The van der Waals surface area contributed by atoms with E-state index in [9.17, 15) is 9.59 Å². The average Bonchev–Trinajstić information content (AvgIpc) is 2.28. The van der Waals surface area contributed by atoms with Gasteiger partial charge in [-0.3, -0.25) is 4.79 Å². The average molecular weight is 285 g/mol. The maximum absolute atomic E-state index is 11.7. The Bertz CT molecular complexity index is 495. The summed E-state index contributed by atoms with van der Waals surface area (Å²) < 4.78 is 0. The maximum Gasteiger partial charge on any atom is 0.335 e. The Hall–Kier alpha value is -1.59. The second-order valence-electron chi connectivity index (χ2n) is 5.04. The van der Waals surface area contributed by atoms with E-state index >= 15 is 0 Å². The summed E-state index contributed by atoms with van der Waals surface area (Å²) in [5, 5.41) is 11.8. The molecule has 1 amide bonds. The molecule has 5 nitrogen and oxygen atoms in total. The first-order valence-corrected chi connectivity index (χ1v) is 6.18. The summed E-state index contributed by atoms with van der Waals surface area (Å²) >= 11 is 5.90. The molecular formula is C13H17ClN2O3. The number of nitrogens with two attached hydrogens (primary N) is 1. The lowest BCUT2D eigenvalue weighted by atomic mass is 10.00. The number of hydrogen-bond donors (Lipinski definition) is 3. The fourth-order valence-electron chi connectivity index (χ4n) is 1.40. The molecule has 0 saturated carbocycles. The topological polar surface area (TPSA) is 92.4 Å². The van der Waals surface area contributed by atoms with Gasteiger partial charge in [0.15, 0.2) is 0 Å². The summed E-state index contributed by atoms with van der Waals surface area (Å²) in [4.78, 5) is 22.6. The largest absolute Gasteiger partial charge is 0.478 e. The van der Waals surface area contributed by atoms with E-state index in [1.165, 1.54) is 18.2 Å². The lowest BCUT2D eigenvalue weighted by Gasteiger charge is -2.17. The normalized spacial score (nSPS) is 11.2. The molecule has 0 fully saturated rings. The molecule has 19 heavy (non-hydrogen) atoms. The standard InChI is InChI=1S/C13H17ClN2O3/c1-13(2,15)6-5-11(17)16-10-7-8(12(18)19)3-4-9(10)14/h3-4,7H,5-6,15H2,1-2H3,(H,16,17)(H,18,19). The summed E-state index contributed by atoms with van der Waals surface area (Å²) in [6.07, 6.45) is 0.770. The second kappa shape index (κ2) is 6.04. The van der Waals surface area contributed by atoms with Crippen LogP contribution in [0.25, 0.3) is 0 Å². The second-order valence-corrected chi connectivity index (χ2v) is 5.44. The van der Waals surface area contributed by atoms with E-state index in [1.54, 1.807) is 0 Å². The number of benzene rings is 1. The molecule has 0 aliphatic rings. The highest BCUT2D eigenvalue weighted by molar-refractivity contribution is 6.33. The number of nitrogens with one attached hydrogen (secondary N) is 1. The maximum atomic E-state index is 11.7. The molecule has 0 saturated heterocycles. The van der Waals surface area contributed by atoms with Gasteiger partial charge in [-0.05, 0) is 38.5 Å². The molecule has 0 atom stereocenters. The van der Waals surface area contributed by atoms with Gasteiger partial charge in [0, 0.05) is 12.0 Å². The van der Waals surface area contributed by atoms with Gasteiger partial charge < -0.3 is 16.2 Å². The molecule has 0 aliphatic carbocycles. The third kappa shape index (κ3) is 5.28. The van der Waals surface area contributed by atoms with Crippen LogP contribution in [-0.4, -0.2) is 22.5 Å². The van der Waals surface area contributed by atoms with Gasteiger partial charge >= 0.3 is 5.97 Å². The Balaban J connectivity index is 2.73. The van der Waals surface area contributed by atoms with Crippen LogP contribution in [0, 0.1) is 0 Å². The zero-order valence-corrected chi connectivity index (χ0v) is 11.6. The van der Waals surface area contributed by atoms with E-state index in [2.05, 4.69) is 5.32 Å². The molecule has 0 radical (unpaired) electrons. The molecule has 1 aromatic carbocycles. The summed E-state index contributed by atoms with van der Waals surface area (Å²) in [7, 11) is 0. The van der Waals surface area contributed by atoms with E-state index < -0.39 is 11.5 Å². The first kappa shape index (κ1) is 15.5. The first-order valence-electron chi connectivity index (χ1n) is 5.80. The number of carboxylic acid groups (broad SMARTS) is 1. The molecule has 4 N–H and O–H groups in total. The predicted octanol–water partition coefficient (Wildman–Crippen LogP) is 2.49. The predicted molar refractivity (Wildman–Crippen MR) is 74.5 cm³/mol. The lowest BCUT2D eigenvalue weighted by molar-refractivity contribution is -0.116. The van der Waals surface area contributed by atoms with Crippen LogP contribution in [0.5, 0.6) is 0 Å². The van der Waals surface area contributed by atoms with Crippen LogP contribution >= 0.6 is 11.6 Å². The summed E-state index contributed by atoms with van der Waals surface area (Å²) in [6, 6.07) is 4.15. The molecular weight excluding hydrogens is 268 g/mol. The Morgan fingerprint density at radius 2 is 2.05 bits per heavy atom. The number of carbonyl (C=O) groups is 2. The van der Waals surface area contributed by atoms with Crippen LogP contribution < -0.4 is 11.1 Å². The van der Waals surface area contributed by atoms with Gasteiger partial charge in [-0.2, -0.15) is 0 Å². The molecule has 0 unspecified atom stereocenters. The SMILES string of the molecule is CC(C)(N)CCC(=O)Nc1cc(C(=O)O)ccc1Cl. The van der Waals surface area contributed by atoms with Crippen LogP contribution in [0.15, 0.2) is 18.2 Å². The Morgan fingerprint density at radius 3 is 2.58 bits per heavy atom. The summed E-state index contributed by atoms with van der Waals surface area (Å²) in [6.45, 7) is 3.66. The van der Waals surface area contributed by atoms with E-state index in [-0.39, 0.29) is 17.9 Å². The Kier molecular flexibility index (Phi) is 4.91. The van der Waals surface area contributed by atoms with Crippen LogP contribution in [-0.2, 0) is 4.79 Å². The minimum Gasteiger partial charge on any atom is -0.478 e. The quantitative estimate of drug-likeness (QED) is 0.774. The van der Waals surface area contributed by atoms with Gasteiger partial charge in [0.2, 0.25) is 5.91 Å². The van der Waals surface area contributed by atoms with Crippen LogP contribution in [0.1, 0.15) is 37.0 Å². The fraction of sp³-hybridized carbons (Fsp3) is 0.385.